The average Bonchev–Trinajstić information content (AvgIpc) is 3.72. The minimum Gasteiger partial charge on any atom is -0.227 e. The van der Waals surface area contributed by atoms with Crippen LogP contribution in [0, 0.1) is 0 Å². The van der Waals surface area contributed by atoms with Gasteiger partial charge in [-0.25, -0.2) is 9.97 Å². The SMILES string of the molecule is C1=Cc2ccc(-c3ccc(-c4cc(-c5ccc(-c6ccccp6)cc5)cc(-c5nc(-c6ccccc6)c6ccc7ccccc7c6n5)c4)cc3)cc2C=1. The summed E-state index contributed by atoms with van der Waals surface area (Å²) in [6.45, 7) is 0. The van der Waals surface area contributed by atoms with Crippen LogP contribution in [0.1, 0.15) is 11.1 Å². The van der Waals surface area contributed by atoms with Gasteiger partial charge < -0.3 is 0 Å². The van der Waals surface area contributed by atoms with E-state index in [9.17, 15) is 0 Å². The van der Waals surface area contributed by atoms with Crippen molar-refractivity contribution in [1.29, 1.82) is 0 Å². The van der Waals surface area contributed by atoms with Crippen molar-refractivity contribution in [3.05, 3.63) is 193 Å². The fourth-order valence-electron chi connectivity index (χ4n) is 7.35. The zero-order chi connectivity index (χ0) is 35.1. The molecule has 0 saturated heterocycles. The molecule has 0 bridgehead atoms. The Hall–Kier alpha value is -6.69. The molecular weight excluding hydrogens is 660 g/mol. The summed E-state index contributed by atoms with van der Waals surface area (Å²) in [6, 6.07) is 60.9. The molecule has 0 N–H and O–H groups in total. The molecular formula is C50H31N2P. The first-order valence-electron chi connectivity index (χ1n) is 17.8. The minimum atomic E-state index is 0.706. The lowest BCUT2D eigenvalue weighted by molar-refractivity contribution is 1.23. The highest BCUT2D eigenvalue weighted by molar-refractivity contribution is 7.33. The van der Waals surface area contributed by atoms with Crippen LogP contribution in [0.2, 0.25) is 0 Å². The Labute approximate surface area is 310 Å². The quantitative estimate of drug-likeness (QED) is 0.128. The molecule has 0 amide bonds. The predicted molar refractivity (Wildman–Crippen MR) is 225 cm³/mol. The molecule has 0 unspecified atom stereocenters. The molecule has 2 aromatic heterocycles. The Morgan fingerprint density at radius 3 is 1.79 bits per heavy atom. The number of nitrogens with zero attached hydrogens (tertiary/aromatic N) is 2. The highest BCUT2D eigenvalue weighted by Crippen LogP contribution is 2.38. The van der Waals surface area contributed by atoms with Gasteiger partial charge >= 0.3 is 0 Å². The van der Waals surface area contributed by atoms with E-state index < -0.39 is 0 Å². The van der Waals surface area contributed by atoms with Crippen LogP contribution in [0.5, 0.6) is 0 Å². The van der Waals surface area contributed by atoms with E-state index in [2.05, 4.69) is 181 Å². The van der Waals surface area contributed by atoms with Crippen LogP contribution < -0.4 is 0 Å². The Balaban J connectivity index is 1.14. The van der Waals surface area contributed by atoms with Gasteiger partial charge in [0.15, 0.2) is 5.82 Å². The van der Waals surface area contributed by atoms with Gasteiger partial charge in [0, 0.05) is 27.2 Å². The van der Waals surface area contributed by atoms with E-state index in [1.807, 2.05) is 12.1 Å². The third kappa shape index (κ3) is 5.87. The van der Waals surface area contributed by atoms with Gasteiger partial charge in [-0.15, -0.1) is 5.73 Å². The second kappa shape index (κ2) is 13.1. The maximum atomic E-state index is 5.35. The molecule has 1 aliphatic carbocycles. The summed E-state index contributed by atoms with van der Waals surface area (Å²) in [5, 5.41) is 4.63. The Bertz CT molecular complexity index is 2890. The van der Waals surface area contributed by atoms with Crippen LogP contribution in [-0.4, -0.2) is 9.97 Å². The van der Waals surface area contributed by atoms with Gasteiger partial charge in [0.25, 0.3) is 0 Å². The van der Waals surface area contributed by atoms with Crippen molar-refractivity contribution in [2.45, 2.75) is 0 Å². The van der Waals surface area contributed by atoms with Crippen LogP contribution in [0.25, 0.3) is 101 Å². The summed E-state index contributed by atoms with van der Waals surface area (Å²) in [4.78, 5) is 10.7. The van der Waals surface area contributed by atoms with Crippen LogP contribution in [0.15, 0.2) is 181 Å². The summed E-state index contributed by atoms with van der Waals surface area (Å²) in [5.41, 5.74) is 17.7. The molecule has 7 aromatic carbocycles. The normalized spacial score (nSPS) is 11.8. The highest BCUT2D eigenvalue weighted by Gasteiger charge is 2.16. The first kappa shape index (κ1) is 31.1. The lowest BCUT2D eigenvalue weighted by atomic mass is 9.93. The summed E-state index contributed by atoms with van der Waals surface area (Å²) in [5.74, 6) is 2.89. The first-order valence-corrected chi connectivity index (χ1v) is 18.8. The van der Waals surface area contributed by atoms with E-state index in [-0.39, 0.29) is 0 Å². The Morgan fingerprint density at radius 2 is 1.04 bits per heavy atom. The van der Waals surface area contributed by atoms with E-state index in [4.69, 9.17) is 9.97 Å². The van der Waals surface area contributed by atoms with Gasteiger partial charge in [0.05, 0.1) is 11.2 Å². The fraction of sp³-hybridized carbons (Fsp3) is 0. The number of rotatable bonds is 6. The standard InChI is InChI=1S/C50H31N2P/c1-2-10-39(11-3-1)48-46-27-26-37-9-4-5-14-45(37)49(46)52-50(51-48)44-31-42(30-43(32-44)36-20-23-38(24-21-36)47-15-6-7-28-53-47)35-18-16-34(17-19-35)41-25-22-33-12-8-13-40(33)29-41/h1-7,9-32H. The maximum absolute atomic E-state index is 5.35. The van der Waals surface area contributed by atoms with Crippen LogP contribution >= 0.6 is 8.19 Å². The third-order valence-electron chi connectivity index (χ3n) is 10.1. The van der Waals surface area contributed by atoms with E-state index in [1.54, 1.807) is 0 Å². The zero-order valence-corrected chi connectivity index (χ0v) is 29.6. The monoisotopic (exact) mass is 690 g/mol. The van der Waals surface area contributed by atoms with Crippen LogP contribution in [0.3, 0.4) is 0 Å². The second-order valence-electron chi connectivity index (χ2n) is 13.4. The molecule has 246 valence electrons. The molecule has 0 aliphatic heterocycles. The lowest BCUT2D eigenvalue weighted by Crippen LogP contribution is -1.97. The smallest absolute Gasteiger partial charge is 0.160 e. The fourth-order valence-corrected chi connectivity index (χ4v) is 8.17. The molecule has 0 radical (unpaired) electrons. The van der Waals surface area contributed by atoms with Gasteiger partial charge in [0.1, 0.15) is 0 Å². The number of benzene rings is 7. The van der Waals surface area contributed by atoms with E-state index in [1.165, 1.54) is 41.3 Å². The highest BCUT2D eigenvalue weighted by atomic mass is 31.0. The molecule has 0 saturated carbocycles. The summed E-state index contributed by atoms with van der Waals surface area (Å²) in [7, 11) is 1.21. The minimum absolute atomic E-state index is 0.706. The van der Waals surface area contributed by atoms with Gasteiger partial charge in [-0.3, -0.25) is 0 Å². The molecule has 10 rings (SSSR count). The molecule has 53 heavy (non-hydrogen) atoms. The topological polar surface area (TPSA) is 25.8 Å². The zero-order valence-electron chi connectivity index (χ0n) is 28.7. The molecule has 0 fully saturated rings. The molecule has 3 heteroatoms. The van der Waals surface area contributed by atoms with E-state index in [0.717, 1.165) is 60.8 Å². The van der Waals surface area contributed by atoms with E-state index in [0.29, 0.717) is 5.82 Å². The molecule has 2 nitrogen and oxygen atoms in total. The van der Waals surface area contributed by atoms with Crippen LogP contribution in [-0.2, 0) is 0 Å². The van der Waals surface area contributed by atoms with Crippen molar-refractivity contribution in [3.8, 4) is 66.9 Å². The molecule has 1 aliphatic rings. The molecule has 0 atom stereocenters. The molecule has 0 spiro atoms. The Morgan fingerprint density at radius 1 is 0.396 bits per heavy atom. The van der Waals surface area contributed by atoms with Crippen LogP contribution in [0.4, 0.5) is 0 Å². The lowest BCUT2D eigenvalue weighted by Gasteiger charge is -2.14. The average molecular weight is 691 g/mol. The summed E-state index contributed by atoms with van der Waals surface area (Å²) in [6.07, 6.45) is 4.09. The predicted octanol–water partition coefficient (Wildman–Crippen LogP) is 14.0. The molecule has 2 heterocycles. The Kier molecular flexibility index (Phi) is 7.70. The van der Waals surface area contributed by atoms with Gasteiger partial charge in [0.2, 0.25) is 0 Å². The van der Waals surface area contributed by atoms with Gasteiger partial charge in [-0.2, -0.15) is 0 Å². The van der Waals surface area contributed by atoms with Crippen molar-refractivity contribution in [2.75, 3.05) is 0 Å². The number of hydrogen-bond acceptors (Lipinski definition) is 2. The number of fused-ring (bicyclic) bond motifs is 4. The van der Waals surface area contributed by atoms with E-state index >= 15 is 0 Å². The number of hydrogen-bond donors (Lipinski definition) is 0. The van der Waals surface area contributed by atoms with Crippen molar-refractivity contribution in [2.24, 2.45) is 0 Å². The van der Waals surface area contributed by atoms with Crippen molar-refractivity contribution in [1.82, 2.24) is 9.97 Å². The first-order chi connectivity index (χ1) is 26.2. The summed E-state index contributed by atoms with van der Waals surface area (Å²) >= 11 is 0. The maximum Gasteiger partial charge on any atom is 0.160 e. The van der Waals surface area contributed by atoms with Crippen molar-refractivity contribution >= 4 is 42.0 Å². The van der Waals surface area contributed by atoms with Gasteiger partial charge in [-0.05, 0) is 110 Å². The van der Waals surface area contributed by atoms with Gasteiger partial charge in [-0.1, -0.05) is 142 Å². The largest absolute Gasteiger partial charge is 0.227 e. The summed E-state index contributed by atoms with van der Waals surface area (Å²) < 4.78 is 0. The third-order valence-corrected chi connectivity index (χ3v) is 11.1. The van der Waals surface area contributed by atoms with Crippen molar-refractivity contribution in [3.63, 3.8) is 0 Å². The second-order valence-corrected chi connectivity index (χ2v) is 14.5. The molecule has 9 aromatic rings. The number of aromatic nitrogens is 2. The van der Waals surface area contributed by atoms with Crippen molar-refractivity contribution < 1.29 is 0 Å².